The van der Waals surface area contributed by atoms with E-state index in [1.54, 1.807) is 15.8 Å². The first kappa shape index (κ1) is 14.0. The van der Waals surface area contributed by atoms with Gasteiger partial charge in [-0.25, -0.2) is 8.42 Å². The van der Waals surface area contributed by atoms with E-state index >= 15 is 0 Å². The maximum atomic E-state index is 12.6. The molecule has 1 saturated heterocycles. The van der Waals surface area contributed by atoms with E-state index in [1.165, 1.54) is 11.3 Å². The van der Waals surface area contributed by atoms with Gasteiger partial charge in [0, 0.05) is 17.5 Å². The van der Waals surface area contributed by atoms with Gasteiger partial charge in [-0.3, -0.25) is 0 Å². The van der Waals surface area contributed by atoms with Crippen molar-refractivity contribution in [2.45, 2.75) is 44.2 Å². The largest absolute Gasteiger partial charge is 0.391 e. The van der Waals surface area contributed by atoms with Crippen LogP contribution in [-0.4, -0.2) is 30.4 Å². The molecule has 0 aromatic carbocycles. The van der Waals surface area contributed by atoms with E-state index in [4.69, 9.17) is 0 Å². The van der Waals surface area contributed by atoms with Gasteiger partial charge in [0.25, 0.3) is 0 Å². The Balaban J connectivity index is 2.31. The summed E-state index contributed by atoms with van der Waals surface area (Å²) in [4.78, 5) is 0.803. The van der Waals surface area contributed by atoms with Crippen LogP contribution in [0.2, 0.25) is 0 Å². The summed E-state index contributed by atoms with van der Waals surface area (Å²) in [5.41, 5.74) is 0. The van der Waals surface area contributed by atoms with Crippen molar-refractivity contribution in [3.8, 4) is 0 Å². The Hall–Kier alpha value is -0.430. The molecule has 1 N–H and O–H groups in total. The van der Waals surface area contributed by atoms with Crippen LogP contribution in [-0.2, 0) is 16.6 Å². The number of piperidine rings is 1. The Kier molecular flexibility index (Phi) is 4.11. The zero-order chi connectivity index (χ0) is 13.3. The third-order valence-corrected chi connectivity index (χ3v) is 6.65. The lowest BCUT2D eigenvalue weighted by Gasteiger charge is -2.35. The summed E-state index contributed by atoms with van der Waals surface area (Å²) < 4.78 is 26.7. The van der Waals surface area contributed by atoms with Gasteiger partial charge in [0.1, 0.15) is 0 Å². The first-order valence-electron chi connectivity index (χ1n) is 6.16. The molecule has 0 bridgehead atoms. The molecule has 1 fully saturated rings. The molecule has 2 atom stereocenters. The molecule has 0 spiro atoms. The van der Waals surface area contributed by atoms with Gasteiger partial charge in [0.2, 0.25) is 10.0 Å². The average Bonchev–Trinajstić information content (AvgIpc) is 2.76. The van der Waals surface area contributed by atoms with Gasteiger partial charge in [0.15, 0.2) is 0 Å². The van der Waals surface area contributed by atoms with Crippen LogP contribution in [0.25, 0.3) is 0 Å². The van der Waals surface area contributed by atoms with Gasteiger partial charge >= 0.3 is 0 Å². The maximum Gasteiger partial charge on any atom is 0.244 e. The van der Waals surface area contributed by atoms with Gasteiger partial charge in [-0.1, -0.05) is 6.92 Å². The van der Waals surface area contributed by atoms with E-state index in [2.05, 4.69) is 6.92 Å². The first-order valence-corrected chi connectivity index (χ1v) is 8.48. The Bertz CT molecular complexity index is 509. The zero-order valence-corrected chi connectivity index (χ0v) is 12.3. The molecule has 1 aromatic heterocycles. The lowest BCUT2D eigenvalue weighted by molar-refractivity contribution is 0.219. The van der Waals surface area contributed by atoms with Crippen molar-refractivity contribution in [1.82, 2.24) is 4.31 Å². The van der Waals surface area contributed by atoms with Crippen LogP contribution in [0, 0.1) is 5.92 Å². The summed E-state index contributed by atoms with van der Waals surface area (Å²) in [5, 5.41) is 10.9. The molecule has 2 rings (SSSR count). The molecule has 0 amide bonds. The fourth-order valence-corrected chi connectivity index (χ4v) is 5.47. The number of rotatable bonds is 3. The molecular weight excluding hydrogens is 270 g/mol. The molecule has 6 heteroatoms. The predicted molar refractivity (Wildman–Crippen MR) is 72.0 cm³/mol. The average molecular weight is 289 g/mol. The predicted octanol–water partition coefficient (Wildman–Crippen LogP) is 2.05. The van der Waals surface area contributed by atoms with Crippen LogP contribution in [0.1, 0.15) is 31.6 Å². The van der Waals surface area contributed by atoms with E-state index in [-0.39, 0.29) is 17.5 Å². The number of nitrogens with zero attached hydrogens (tertiary/aromatic N) is 1. The van der Waals surface area contributed by atoms with Crippen molar-refractivity contribution in [2.24, 2.45) is 5.92 Å². The highest BCUT2D eigenvalue weighted by molar-refractivity contribution is 7.89. The normalized spacial score (nSPS) is 26.4. The molecule has 4 nitrogen and oxygen atoms in total. The van der Waals surface area contributed by atoms with Crippen molar-refractivity contribution >= 4 is 21.4 Å². The summed E-state index contributed by atoms with van der Waals surface area (Å²) in [6, 6.07) is 1.63. The van der Waals surface area contributed by atoms with Gasteiger partial charge in [-0.15, -0.1) is 11.3 Å². The van der Waals surface area contributed by atoms with Gasteiger partial charge in [-0.2, -0.15) is 4.31 Å². The van der Waals surface area contributed by atoms with Gasteiger partial charge in [-0.05, 0) is 37.1 Å². The van der Waals surface area contributed by atoms with Crippen LogP contribution in [0.15, 0.2) is 16.3 Å². The second-order valence-electron chi connectivity index (χ2n) is 4.96. The van der Waals surface area contributed by atoms with E-state index < -0.39 is 10.0 Å². The number of hydrogen-bond acceptors (Lipinski definition) is 4. The van der Waals surface area contributed by atoms with Crippen molar-refractivity contribution in [2.75, 3.05) is 6.54 Å². The van der Waals surface area contributed by atoms with Crippen LogP contribution in [0.5, 0.6) is 0 Å². The lowest BCUT2D eigenvalue weighted by atomic mass is 9.95. The summed E-state index contributed by atoms with van der Waals surface area (Å²) >= 11 is 1.29. The molecule has 0 aliphatic carbocycles. The molecule has 102 valence electrons. The lowest BCUT2D eigenvalue weighted by Crippen LogP contribution is -2.44. The fourth-order valence-electron chi connectivity index (χ4n) is 2.54. The minimum atomic E-state index is -3.45. The second kappa shape index (κ2) is 5.28. The highest BCUT2D eigenvalue weighted by Crippen LogP contribution is 2.31. The SMILES string of the molecule is CC1CCN(S(=O)(=O)c2ccsc2CO)C(C)C1. The zero-order valence-electron chi connectivity index (χ0n) is 10.7. The highest BCUT2D eigenvalue weighted by atomic mass is 32.2. The monoisotopic (exact) mass is 289 g/mol. The molecule has 18 heavy (non-hydrogen) atoms. The second-order valence-corrected chi connectivity index (χ2v) is 7.82. The van der Waals surface area contributed by atoms with E-state index in [9.17, 15) is 13.5 Å². The molecule has 2 heterocycles. The van der Waals surface area contributed by atoms with E-state index in [1.807, 2.05) is 6.92 Å². The van der Waals surface area contributed by atoms with Gasteiger partial charge in [0.05, 0.1) is 11.5 Å². The minimum absolute atomic E-state index is 0.0326. The quantitative estimate of drug-likeness (QED) is 0.926. The number of sulfonamides is 1. The van der Waals surface area contributed by atoms with E-state index in [0.29, 0.717) is 17.3 Å². The Labute approximate surface area is 112 Å². The molecule has 0 saturated carbocycles. The van der Waals surface area contributed by atoms with Crippen molar-refractivity contribution in [3.63, 3.8) is 0 Å². The van der Waals surface area contributed by atoms with Crippen LogP contribution < -0.4 is 0 Å². The standard InChI is InChI=1S/C12H19NO3S2/c1-9-3-5-13(10(2)7-9)18(15,16)12-4-6-17-11(12)8-14/h4,6,9-10,14H,3,5,7-8H2,1-2H3. The van der Waals surface area contributed by atoms with Crippen LogP contribution in [0.4, 0.5) is 0 Å². The number of aliphatic hydroxyl groups is 1. The summed E-state index contributed by atoms with van der Waals surface area (Å²) in [5.74, 6) is 0.575. The summed E-state index contributed by atoms with van der Waals surface area (Å²) in [7, 11) is -3.45. The van der Waals surface area contributed by atoms with Gasteiger partial charge < -0.3 is 5.11 Å². The minimum Gasteiger partial charge on any atom is -0.391 e. The topological polar surface area (TPSA) is 57.6 Å². The van der Waals surface area contributed by atoms with Crippen molar-refractivity contribution in [1.29, 1.82) is 0 Å². The summed E-state index contributed by atoms with van der Waals surface area (Å²) in [6.45, 7) is 4.47. The third kappa shape index (κ3) is 2.47. The Morgan fingerprint density at radius 3 is 2.83 bits per heavy atom. The first-order chi connectivity index (χ1) is 8.46. The van der Waals surface area contributed by atoms with Crippen molar-refractivity contribution in [3.05, 3.63) is 16.3 Å². The molecule has 0 radical (unpaired) electrons. The van der Waals surface area contributed by atoms with E-state index in [0.717, 1.165) is 12.8 Å². The maximum absolute atomic E-state index is 12.6. The third-order valence-electron chi connectivity index (χ3n) is 3.51. The number of hydrogen-bond donors (Lipinski definition) is 1. The summed E-state index contributed by atoms with van der Waals surface area (Å²) in [6.07, 6.45) is 1.81. The Morgan fingerprint density at radius 1 is 1.50 bits per heavy atom. The fraction of sp³-hybridized carbons (Fsp3) is 0.667. The van der Waals surface area contributed by atoms with Crippen LogP contribution in [0.3, 0.4) is 0 Å². The number of aliphatic hydroxyl groups excluding tert-OH is 1. The highest BCUT2D eigenvalue weighted by Gasteiger charge is 2.34. The molecule has 2 unspecified atom stereocenters. The molecular formula is C12H19NO3S2. The Morgan fingerprint density at radius 2 is 2.22 bits per heavy atom. The molecule has 1 aliphatic rings. The number of thiophene rings is 1. The van der Waals surface area contributed by atoms with Crippen molar-refractivity contribution < 1.29 is 13.5 Å². The van der Waals surface area contributed by atoms with Crippen LogP contribution >= 0.6 is 11.3 Å². The molecule has 1 aromatic rings. The molecule has 1 aliphatic heterocycles. The smallest absolute Gasteiger partial charge is 0.244 e.